The maximum absolute atomic E-state index is 11.3. The summed E-state index contributed by atoms with van der Waals surface area (Å²) in [5.41, 5.74) is 2.35. The number of aryl methyl sites for hydroxylation is 2. The minimum atomic E-state index is 0.146. The minimum absolute atomic E-state index is 0.146. The SMILES string of the molecule is CCCCCCC(CC=CCC(CCCCCC)Oc1ccc(CCC(C)=O)cc1)Oc1ccc(CCC(C)=O)cc1. The van der Waals surface area contributed by atoms with Gasteiger partial charge in [0.25, 0.3) is 0 Å². The summed E-state index contributed by atoms with van der Waals surface area (Å²) in [6.45, 7) is 7.78. The van der Waals surface area contributed by atoms with Crippen LogP contribution < -0.4 is 9.47 Å². The highest BCUT2D eigenvalue weighted by Crippen LogP contribution is 2.22. The quantitative estimate of drug-likeness (QED) is 0.0921. The summed E-state index contributed by atoms with van der Waals surface area (Å²) in [5.74, 6) is 2.25. The van der Waals surface area contributed by atoms with E-state index in [-0.39, 0.29) is 23.8 Å². The molecule has 2 aromatic rings. The second-order valence-corrected chi connectivity index (χ2v) is 11.8. The average molecular weight is 577 g/mol. The van der Waals surface area contributed by atoms with Gasteiger partial charge < -0.3 is 19.1 Å². The maximum Gasteiger partial charge on any atom is 0.130 e. The zero-order chi connectivity index (χ0) is 30.4. The van der Waals surface area contributed by atoms with E-state index in [0.717, 1.165) is 50.0 Å². The molecule has 2 aromatic carbocycles. The molecule has 0 saturated heterocycles. The Kier molecular flexibility index (Phi) is 18.3. The number of ether oxygens (including phenoxy) is 2. The Hall–Kier alpha value is -2.88. The van der Waals surface area contributed by atoms with E-state index in [9.17, 15) is 9.59 Å². The molecule has 0 aliphatic rings. The van der Waals surface area contributed by atoms with Crippen LogP contribution in [0.25, 0.3) is 0 Å². The summed E-state index contributed by atoms with van der Waals surface area (Å²) in [4.78, 5) is 22.6. The molecular formula is C38H56O4. The lowest BCUT2D eigenvalue weighted by Crippen LogP contribution is -2.17. The van der Waals surface area contributed by atoms with Crippen molar-refractivity contribution in [3.8, 4) is 11.5 Å². The van der Waals surface area contributed by atoms with Gasteiger partial charge in [-0.05, 0) is 87.8 Å². The molecule has 0 amide bonds. The second-order valence-electron chi connectivity index (χ2n) is 11.8. The Morgan fingerprint density at radius 3 is 1.31 bits per heavy atom. The molecule has 2 unspecified atom stereocenters. The molecule has 0 aliphatic heterocycles. The van der Waals surface area contributed by atoms with Crippen molar-refractivity contribution in [3.05, 3.63) is 71.8 Å². The number of benzene rings is 2. The highest BCUT2D eigenvalue weighted by Gasteiger charge is 2.12. The number of ketones is 2. The van der Waals surface area contributed by atoms with Crippen molar-refractivity contribution < 1.29 is 19.1 Å². The Morgan fingerprint density at radius 2 is 0.976 bits per heavy atom. The van der Waals surface area contributed by atoms with Crippen LogP contribution >= 0.6 is 0 Å². The Labute approximate surface area is 256 Å². The van der Waals surface area contributed by atoms with Crippen molar-refractivity contribution >= 4 is 11.6 Å². The number of Topliss-reactive ketones (excluding diaryl/α,β-unsaturated/α-hetero) is 2. The number of unbranched alkanes of at least 4 members (excludes halogenated alkanes) is 6. The third-order valence-corrected chi connectivity index (χ3v) is 7.71. The van der Waals surface area contributed by atoms with Gasteiger partial charge in [0.15, 0.2) is 0 Å². The molecule has 0 aromatic heterocycles. The van der Waals surface area contributed by atoms with Crippen LogP contribution in [0.1, 0.15) is 129 Å². The lowest BCUT2D eigenvalue weighted by atomic mass is 10.0. The van der Waals surface area contributed by atoms with E-state index in [4.69, 9.17) is 9.47 Å². The Morgan fingerprint density at radius 1 is 0.595 bits per heavy atom. The molecule has 0 saturated carbocycles. The van der Waals surface area contributed by atoms with Crippen LogP contribution in [0.15, 0.2) is 60.7 Å². The zero-order valence-electron chi connectivity index (χ0n) is 26.9. The van der Waals surface area contributed by atoms with E-state index in [0.29, 0.717) is 12.8 Å². The molecule has 0 radical (unpaired) electrons. The van der Waals surface area contributed by atoms with Crippen molar-refractivity contribution in [2.24, 2.45) is 0 Å². The van der Waals surface area contributed by atoms with Gasteiger partial charge in [0.2, 0.25) is 0 Å². The zero-order valence-corrected chi connectivity index (χ0v) is 26.9. The normalized spacial score (nSPS) is 12.8. The number of carbonyl (C=O) groups excluding carboxylic acids is 2. The largest absolute Gasteiger partial charge is 0.490 e. The van der Waals surface area contributed by atoms with E-state index in [1.54, 1.807) is 13.8 Å². The average Bonchev–Trinajstić information content (AvgIpc) is 2.98. The van der Waals surface area contributed by atoms with Crippen molar-refractivity contribution in [2.75, 3.05) is 0 Å². The van der Waals surface area contributed by atoms with Crippen LogP contribution in [-0.4, -0.2) is 23.8 Å². The third-order valence-electron chi connectivity index (χ3n) is 7.71. The monoisotopic (exact) mass is 576 g/mol. The highest BCUT2D eigenvalue weighted by molar-refractivity contribution is 5.76. The van der Waals surface area contributed by atoms with Gasteiger partial charge in [0.05, 0.1) is 0 Å². The molecule has 42 heavy (non-hydrogen) atoms. The third kappa shape index (κ3) is 16.5. The molecule has 0 spiro atoms. The molecule has 0 N–H and O–H groups in total. The lowest BCUT2D eigenvalue weighted by Gasteiger charge is -2.19. The summed E-state index contributed by atoms with van der Waals surface area (Å²) in [6.07, 6.45) is 21.3. The van der Waals surface area contributed by atoms with Gasteiger partial charge in [-0.25, -0.2) is 0 Å². The van der Waals surface area contributed by atoms with Gasteiger partial charge in [-0.3, -0.25) is 0 Å². The van der Waals surface area contributed by atoms with Gasteiger partial charge in [-0.15, -0.1) is 0 Å². The Bertz CT molecular complexity index is 939. The van der Waals surface area contributed by atoms with E-state index < -0.39 is 0 Å². The first-order valence-electron chi connectivity index (χ1n) is 16.5. The number of hydrogen-bond acceptors (Lipinski definition) is 4. The van der Waals surface area contributed by atoms with Crippen molar-refractivity contribution in [2.45, 2.75) is 143 Å². The topological polar surface area (TPSA) is 52.6 Å². The predicted molar refractivity (Wildman–Crippen MR) is 176 cm³/mol. The fraction of sp³-hybridized carbons (Fsp3) is 0.579. The van der Waals surface area contributed by atoms with Gasteiger partial charge in [-0.1, -0.05) is 88.8 Å². The number of rotatable bonds is 24. The summed E-state index contributed by atoms with van der Waals surface area (Å²) in [7, 11) is 0. The molecule has 0 fully saturated rings. The summed E-state index contributed by atoms with van der Waals surface area (Å²) < 4.78 is 12.9. The fourth-order valence-corrected chi connectivity index (χ4v) is 5.04. The Balaban J connectivity index is 1.96. The van der Waals surface area contributed by atoms with E-state index in [1.807, 2.05) is 24.3 Å². The van der Waals surface area contributed by atoms with Crippen LogP contribution in [0.5, 0.6) is 11.5 Å². The van der Waals surface area contributed by atoms with E-state index in [2.05, 4.69) is 50.3 Å². The first kappa shape index (κ1) is 35.3. The molecule has 2 rings (SSSR count). The molecule has 4 nitrogen and oxygen atoms in total. The summed E-state index contributed by atoms with van der Waals surface area (Å²) >= 11 is 0. The van der Waals surface area contributed by atoms with Crippen LogP contribution in [-0.2, 0) is 22.4 Å². The van der Waals surface area contributed by atoms with E-state index >= 15 is 0 Å². The molecule has 0 aliphatic carbocycles. The number of hydrogen-bond donors (Lipinski definition) is 0. The standard InChI is InChI=1S/C38H56O4/c1-5-7-9-11-15-35(41-37-27-23-33(24-28-37)21-19-31(3)39)17-13-14-18-36(16-12-10-8-6-2)42-38-29-25-34(26-30-38)22-20-32(4)40/h13-14,23-30,35-36H,5-12,15-22H2,1-4H3. The van der Waals surface area contributed by atoms with Crippen LogP contribution in [0.3, 0.4) is 0 Å². The molecule has 4 heteroatoms. The molecule has 0 heterocycles. The van der Waals surface area contributed by atoms with Crippen LogP contribution in [0, 0.1) is 0 Å². The van der Waals surface area contributed by atoms with Gasteiger partial charge in [-0.2, -0.15) is 0 Å². The van der Waals surface area contributed by atoms with Crippen molar-refractivity contribution in [3.63, 3.8) is 0 Å². The van der Waals surface area contributed by atoms with Crippen molar-refractivity contribution in [1.82, 2.24) is 0 Å². The molecular weight excluding hydrogens is 520 g/mol. The van der Waals surface area contributed by atoms with Crippen molar-refractivity contribution in [1.29, 1.82) is 0 Å². The smallest absolute Gasteiger partial charge is 0.130 e. The number of carbonyl (C=O) groups is 2. The second kappa shape index (κ2) is 21.8. The maximum atomic E-state index is 11.3. The lowest BCUT2D eigenvalue weighted by molar-refractivity contribution is -0.117. The minimum Gasteiger partial charge on any atom is -0.490 e. The predicted octanol–water partition coefficient (Wildman–Crippen LogP) is 10.2. The molecule has 0 bridgehead atoms. The molecule has 2 atom stereocenters. The highest BCUT2D eigenvalue weighted by atomic mass is 16.5. The van der Waals surface area contributed by atoms with Crippen LogP contribution in [0.4, 0.5) is 0 Å². The van der Waals surface area contributed by atoms with E-state index in [1.165, 1.54) is 62.5 Å². The summed E-state index contributed by atoms with van der Waals surface area (Å²) in [5, 5.41) is 0. The first-order chi connectivity index (χ1) is 20.4. The first-order valence-corrected chi connectivity index (χ1v) is 16.5. The molecule has 232 valence electrons. The van der Waals surface area contributed by atoms with Crippen LogP contribution in [0.2, 0.25) is 0 Å². The van der Waals surface area contributed by atoms with Gasteiger partial charge >= 0.3 is 0 Å². The summed E-state index contributed by atoms with van der Waals surface area (Å²) in [6, 6.07) is 16.5. The van der Waals surface area contributed by atoms with Gasteiger partial charge in [0, 0.05) is 25.7 Å². The van der Waals surface area contributed by atoms with Gasteiger partial charge in [0.1, 0.15) is 35.3 Å². The fourth-order valence-electron chi connectivity index (χ4n) is 5.04.